The number of nitrogens with one attached hydrogen (secondary N) is 1. The van der Waals surface area contributed by atoms with Gasteiger partial charge in [0.25, 0.3) is 0 Å². The second-order valence-corrected chi connectivity index (χ2v) is 8.85. The molecule has 0 fully saturated rings. The Balaban J connectivity index is 2.08. The van der Waals surface area contributed by atoms with E-state index in [4.69, 9.17) is 0 Å². The molecule has 1 N–H and O–H groups in total. The van der Waals surface area contributed by atoms with E-state index < -0.39 is 6.04 Å². The Labute approximate surface area is 186 Å². The zero-order chi connectivity index (χ0) is 21.2. The normalized spacial score (nSPS) is 11.7. The molecule has 0 heterocycles. The lowest BCUT2D eigenvalue weighted by Gasteiger charge is -2.30. The van der Waals surface area contributed by atoms with Gasteiger partial charge in [-0.05, 0) is 43.5 Å². The van der Waals surface area contributed by atoms with Gasteiger partial charge in [-0.15, -0.1) is 11.8 Å². The first-order valence-corrected chi connectivity index (χ1v) is 11.8. The summed E-state index contributed by atoms with van der Waals surface area (Å²) in [6, 6.07) is 15.8. The van der Waals surface area contributed by atoms with Crippen LogP contribution < -0.4 is 5.32 Å². The Morgan fingerprint density at radius 2 is 1.66 bits per heavy atom. The van der Waals surface area contributed by atoms with Crippen molar-refractivity contribution < 1.29 is 9.59 Å². The third-order valence-corrected chi connectivity index (χ3v) is 6.14. The molecule has 0 aliphatic heterocycles. The molecule has 0 saturated heterocycles. The van der Waals surface area contributed by atoms with Gasteiger partial charge in [0.15, 0.2) is 0 Å². The number of hydrogen-bond acceptors (Lipinski definition) is 3. The van der Waals surface area contributed by atoms with Gasteiger partial charge in [0.05, 0.1) is 5.75 Å². The summed E-state index contributed by atoms with van der Waals surface area (Å²) in [5, 5.41) is 2.87. The number of carbonyl (C=O) groups excluding carboxylic acids is 2. The molecule has 2 rings (SSSR count). The summed E-state index contributed by atoms with van der Waals surface area (Å²) in [6.07, 6.45) is 0.584. The van der Waals surface area contributed by atoms with E-state index in [1.807, 2.05) is 57.2 Å². The summed E-state index contributed by atoms with van der Waals surface area (Å²) in [4.78, 5) is 27.4. The monoisotopic (exact) mass is 476 g/mol. The molecule has 29 heavy (non-hydrogen) atoms. The second kappa shape index (κ2) is 12.0. The topological polar surface area (TPSA) is 49.4 Å². The van der Waals surface area contributed by atoms with Crippen molar-refractivity contribution in [2.45, 2.75) is 45.5 Å². The van der Waals surface area contributed by atoms with Crippen LogP contribution in [0.3, 0.4) is 0 Å². The number of aryl methyl sites for hydroxylation is 1. The summed E-state index contributed by atoms with van der Waals surface area (Å²) in [7, 11) is 0. The summed E-state index contributed by atoms with van der Waals surface area (Å²) >= 11 is 5.01. The molecule has 0 aliphatic carbocycles. The Hall–Kier alpha value is -1.79. The number of amides is 2. The largest absolute Gasteiger partial charge is 0.355 e. The third kappa shape index (κ3) is 7.52. The quantitative estimate of drug-likeness (QED) is 0.528. The Morgan fingerprint density at radius 3 is 2.24 bits per heavy atom. The molecular formula is C23H29BrN2O2S. The van der Waals surface area contributed by atoms with Crippen LogP contribution in [0.4, 0.5) is 0 Å². The smallest absolute Gasteiger partial charge is 0.242 e. The molecule has 156 valence electrons. The van der Waals surface area contributed by atoms with Gasteiger partial charge in [-0.25, -0.2) is 0 Å². The molecule has 0 saturated carbocycles. The van der Waals surface area contributed by atoms with Crippen molar-refractivity contribution in [1.29, 1.82) is 0 Å². The minimum absolute atomic E-state index is 0.00853. The Kier molecular flexibility index (Phi) is 9.74. The van der Waals surface area contributed by atoms with E-state index in [1.165, 1.54) is 11.1 Å². The van der Waals surface area contributed by atoms with E-state index in [1.54, 1.807) is 16.7 Å². The zero-order valence-corrected chi connectivity index (χ0v) is 19.7. The van der Waals surface area contributed by atoms with Crippen LogP contribution in [0, 0.1) is 6.92 Å². The third-order valence-electron chi connectivity index (χ3n) is 4.62. The van der Waals surface area contributed by atoms with Gasteiger partial charge < -0.3 is 10.2 Å². The maximum Gasteiger partial charge on any atom is 0.242 e. The first-order chi connectivity index (χ1) is 13.9. The maximum absolute atomic E-state index is 13.1. The van der Waals surface area contributed by atoms with E-state index in [9.17, 15) is 9.59 Å². The highest BCUT2D eigenvalue weighted by Crippen LogP contribution is 2.19. The van der Waals surface area contributed by atoms with Crippen molar-refractivity contribution in [3.8, 4) is 0 Å². The average Bonchev–Trinajstić information content (AvgIpc) is 2.71. The molecule has 0 spiro atoms. The van der Waals surface area contributed by atoms with Crippen molar-refractivity contribution in [2.24, 2.45) is 0 Å². The molecule has 0 bridgehead atoms. The highest BCUT2D eigenvalue weighted by atomic mass is 79.9. The van der Waals surface area contributed by atoms with Crippen molar-refractivity contribution in [3.05, 3.63) is 69.7 Å². The first-order valence-electron chi connectivity index (χ1n) is 9.89. The predicted octanol–water partition coefficient (Wildman–Crippen LogP) is 4.93. The summed E-state index contributed by atoms with van der Waals surface area (Å²) < 4.78 is 1.04. The fourth-order valence-electron chi connectivity index (χ4n) is 3.02. The standard InChI is InChI=1S/C23H29BrN2O2S/c1-4-21(23(28)25-5-2)26(14-18-8-6-17(3)7-9-18)22(27)16-29-15-19-10-12-20(24)13-11-19/h6-13,21H,4-5,14-16H2,1-3H3,(H,25,28)/t21-/m0/s1. The van der Waals surface area contributed by atoms with E-state index in [0.717, 1.165) is 15.8 Å². The van der Waals surface area contributed by atoms with Crippen LogP contribution in [-0.4, -0.2) is 35.1 Å². The molecule has 2 aromatic carbocycles. The van der Waals surface area contributed by atoms with Crippen LogP contribution in [0.25, 0.3) is 0 Å². The number of halogens is 1. The van der Waals surface area contributed by atoms with E-state index in [2.05, 4.69) is 33.4 Å². The molecule has 2 amide bonds. The predicted molar refractivity (Wildman–Crippen MR) is 125 cm³/mol. The highest BCUT2D eigenvalue weighted by molar-refractivity contribution is 9.10. The number of carbonyl (C=O) groups is 2. The average molecular weight is 477 g/mol. The van der Waals surface area contributed by atoms with Crippen LogP contribution >= 0.6 is 27.7 Å². The highest BCUT2D eigenvalue weighted by Gasteiger charge is 2.28. The lowest BCUT2D eigenvalue weighted by molar-refractivity contribution is -0.139. The van der Waals surface area contributed by atoms with Crippen LogP contribution in [0.15, 0.2) is 53.0 Å². The molecular weight excluding hydrogens is 448 g/mol. The number of likely N-dealkylation sites (N-methyl/N-ethyl adjacent to an activating group) is 1. The lowest BCUT2D eigenvalue weighted by Crippen LogP contribution is -2.49. The molecule has 2 aromatic rings. The van der Waals surface area contributed by atoms with Crippen molar-refractivity contribution in [3.63, 3.8) is 0 Å². The van der Waals surface area contributed by atoms with Crippen molar-refractivity contribution >= 4 is 39.5 Å². The van der Waals surface area contributed by atoms with Gasteiger partial charge in [0.1, 0.15) is 6.04 Å². The van der Waals surface area contributed by atoms with Crippen molar-refractivity contribution in [1.82, 2.24) is 10.2 Å². The van der Waals surface area contributed by atoms with Gasteiger partial charge in [-0.1, -0.05) is 64.8 Å². The molecule has 0 aromatic heterocycles. The molecule has 1 atom stereocenters. The maximum atomic E-state index is 13.1. The van der Waals surface area contributed by atoms with Gasteiger partial charge >= 0.3 is 0 Å². The molecule has 0 aliphatic rings. The molecule has 0 radical (unpaired) electrons. The fourth-order valence-corrected chi connectivity index (χ4v) is 4.16. The second-order valence-electron chi connectivity index (χ2n) is 6.95. The summed E-state index contributed by atoms with van der Waals surface area (Å²) in [6.45, 7) is 6.87. The SMILES string of the molecule is CCNC(=O)[C@H](CC)N(Cc1ccc(C)cc1)C(=O)CSCc1ccc(Br)cc1. The summed E-state index contributed by atoms with van der Waals surface area (Å²) in [5.41, 5.74) is 3.38. The lowest BCUT2D eigenvalue weighted by atomic mass is 10.1. The molecule has 0 unspecified atom stereocenters. The molecule has 4 nitrogen and oxygen atoms in total. The zero-order valence-electron chi connectivity index (χ0n) is 17.3. The number of thioether (sulfide) groups is 1. The van der Waals surface area contributed by atoms with Gasteiger partial charge in [-0.2, -0.15) is 0 Å². The Bertz CT molecular complexity index is 794. The van der Waals surface area contributed by atoms with Crippen molar-refractivity contribution in [2.75, 3.05) is 12.3 Å². The number of nitrogens with zero attached hydrogens (tertiary/aromatic N) is 1. The molecule has 6 heteroatoms. The van der Waals surface area contributed by atoms with Gasteiger partial charge in [-0.3, -0.25) is 9.59 Å². The van der Waals surface area contributed by atoms with E-state index >= 15 is 0 Å². The minimum Gasteiger partial charge on any atom is -0.355 e. The van der Waals surface area contributed by atoms with Crippen LogP contribution in [0.2, 0.25) is 0 Å². The summed E-state index contributed by atoms with van der Waals surface area (Å²) in [5.74, 6) is 1.01. The van der Waals surface area contributed by atoms with E-state index in [-0.39, 0.29) is 11.8 Å². The van der Waals surface area contributed by atoms with E-state index in [0.29, 0.717) is 25.3 Å². The Morgan fingerprint density at radius 1 is 1.03 bits per heavy atom. The number of hydrogen-bond donors (Lipinski definition) is 1. The number of rotatable bonds is 10. The van der Waals surface area contributed by atoms with Crippen LogP contribution in [0.1, 0.15) is 37.0 Å². The van der Waals surface area contributed by atoms with Gasteiger partial charge in [0.2, 0.25) is 11.8 Å². The fraction of sp³-hybridized carbons (Fsp3) is 0.391. The van der Waals surface area contributed by atoms with Gasteiger partial charge in [0, 0.05) is 23.3 Å². The first kappa shape index (κ1) is 23.5. The minimum atomic E-state index is -0.461. The van der Waals surface area contributed by atoms with Crippen LogP contribution in [-0.2, 0) is 21.9 Å². The van der Waals surface area contributed by atoms with Crippen LogP contribution in [0.5, 0.6) is 0 Å². The number of benzene rings is 2.